The van der Waals surface area contributed by atoms with E-state index in [9.17, 15) is 24.1 Å². The number of nitro benzene ring substituents is 1. The zero-order chi connectivity index (χ0) is 24.7. The van der Waals surface area contributed by atoms with Crippen molar-refractivity contribution in [3.63, 3.8) is 0 Å². The lowest BCUT2D eigenvalue weighted by molar-refractivity contribution is -0.385. The molecule has 0 aliphatic carbocycles. The van der Waals surface area contributed by atoms with Crippen LogP contribution in [0, 0.1) is 22.9 Å². The molecular formula is C22H15FN8O4. The van der Waals surface area contributed by atoms with Gasteiger partial charge in [-0.15, -0.1) is 0 Å². The smallest absolute Gasteiger partial charge is 0.282 e. The van der Waals surface area contributed by atoms with E-state index in [0.29, 0.717) is 11.4 Å². The van der Waals surface area contributed by atoms with Crippen LogP contribution in [0.1, 0.15) is 16.1 Å². The van der Waals surface area contributed by atoms with Gasteiger partial charge in [-0.3, -0.25) is 24.7 Å². The van der Waals surface area contributed by atoms with Gasteiger partial charge in [0.05, 0.1) is 22.5 Å². The van der Waals surface area contributed by atoms with E-state index in [1.807, 2.05) is 0 Å². The molecule has 13 heteroatoms. The summed E-state index contributed by atoms with van der Waals surface area (Å²) in [7, 11) is 0. The first kappa shape index (κ1) is 21.6. The molecule has 0 unspecified atom stereocenters. The Kier molecular flexibility index (Phi) is 5.13. The first-order chi connectivity index (χ1) is 16.8. The number of carbonyl (C=O) groups is 1. The summed E-state index contributed by atoms with van der Waals surface area (Å²) in [5.41, 5.74) is 0.129. The number of hydrogen-bond acceptors (Lipinski definition) is 7. The van der Waals surface area contributed by atoms with Crippen LogP contribution in [-0.4, -0.2) is 40.4 Å². The van der Waals surface area contributed by atoms with Crippen LogP contribution in [-0.2, 0) is 0 Å². The average molecular weight is 474 g/mol. The summed E-state index contributed by atoms with van der Waals surface area (Å²) >= 11 is 0. The summed E-state index contributed by atoms with van der Waals surface area (Å²) in [6.07, 6.45) is 1.33. The summed E-state index contributed by atoms with van der Waals surface area (Å²) in [4.78, 5) is 43.3. The number of para-hydroxylation sites is 1. The van der Waals surface area contributed by atoms with Gasteiger partial charge < -0.3 is 5.32 Å². The van der Waals surface area contributed by atoms with Crippen LogP contribution in [0.5, 0.6) is 0 Å². The predicted molar refractivity (Wildman–Crippen MR) is 122 cm³/mol. The summed E-state index contributed by atoms with van der Waals surface area (Å²) in [5, 5.41) is 22.5. The summed E-state index contributed by atoms with van der Waals surface area (Å²) in [5.74, 6) is -1.07. The van der Waals surface area contributed by atoms with Gasteiger partial charge in [0.15, 0.2) is 5.65 Å². The van der Waals surface area contributed by atoms with E-state index in [-0.39, 0.29) is 34.1 Å². The van der Waals surface area contributed by atoms with Crippen molar-refractivity contribution in [3.05, 3.63) is 98.3 Å². The number of aromatic nitrogens is 6. The van der Waals surface area contributed by atoms with Crippen molar-refractivity contribution < 1.29 is 14.1 Å². The third-order valence-electron chi connectivity index (χ3n) is 5.12. The molecule has 5 rings (SSSR count). The van der Waals surface area contributed by atoms with Crippen molar-refractivity contribution in [2.45, 2.75) is 6.92 Å². The molecule has 0 aliphatic heterocycles. The number of nitro groups is 1. The van der Waals surface area contributed by atoms with E-state index in [2.05, 4.69) is 25.5 Å². The molecule has 12 nitrogen and oxygen atoms in total. The number of anilines is 1. The first-order valence-electron chi connectivity index (χ1n) is 10.2. The lowest BCUT2D eigenvalue weighted by atomic mass is 10.1. The summed E-state index contributed by atoms with van der Waals surface area (Å²) in [6.45, 7) is 1.66. The van der Waals surface area contributed by atoms with Crippen LogP contribution < -0.4 is 10.9 Å². The minimum absolute atomic E-state index is 0.0303. The number of H-pyrrole nitrogens is 1. The molecule has 0 bridgehead atoms. The number of nitrogens with one attached hydrogen (secondary N) is 2. The van der Waals surface area contributed by atoms with Gasteiger partial charge in [-0.1, -0.05) is 12.1 Å². The normalized spacial score (nSPS) is 11.0. The van der Waals surface area contributed by atoms with E-state index >= 15 is 0 Å². The lowest BCUT2D eigenvalue weighted by Gasteiger charge is -2.09. The minimum Gasteiger partial charge on any atom is -0.306 e. The largest absolute Gasteiger partial charge is 0.306 e. The second-order valence-corrected chi connectivity index (χ2v) is 7.47. The molecule has 0 spiro atoms. The van der Waals surface area contributed by atoms with E-state index in [4.69, 9.17) is 0 Å². The quantitative estimate of drug-likeness (QED) is 0.293. The van der Waals surface area contributed by atoms with Gasteiger partial charge in [-0.05, 0) is 37.3 Å². The van der Waals surface area contributed by atoms with Gasteiger partial charge in [0, 0.05) is 12.1 Å². The number of carbonyl (C=O) groups excluding carboxylic acids is 1. The average Bonchev–Trinajstić information content (AvgIpc) is 3.43. The molecule has 2 N–H and O–H groups in total. The van der Waals surface area contributed by atoms with Crippen molar-refractivity contribution in [2.24, 2.45) is 0 Å². The number of aryl methyl sites for hydroxylation is 1. The number of aromatic amines is 1. The monoisotopic (exact) mass is 474 g/mol. The molecule has 174 valence electrons. The van der Waals surface area contributed by atoms with Crippen molar-refractivity contribution in [2.75, 3.05) is 5.32 Å². The highest BCUT2D eigenvalue weighted by Crippen LogP contribution is 2.22. The predicted octanol–water partition coefficient (Wildman–Crippen LogP) is 2.90. The Morgan fingerprint density at radius 1 is 1.14 bits per heavy atom. The van der Waals surface area contributed by atoms with Crippen molar-refractivity contribution in [1.29, 1.82) is 0 Å². The standard InChI is InChI=1S/C22H15FN8O4/c1-12-10-18(25-20(32)15-4-2-3-5-17(15)31(34)35)30(28-12)22-26-19-16(21(33)27-22)11-24-29(19)14-8-6-13(23)7-9-14/h2-11H,1H3,(H,25,32)(H,26,27,33). The van der Waals surface area contributed by atoms with Crippen molar-refractivity contribution >= 4 is 28.4 Å². The molecule has 3 aromatic heterocycles. The molecule has 0 atom stereocenters. The van der Waals surface area contributed by atoms with Crippen LogP contribution >= 0.6 is 0 Å². The van der Waals surface area contributed by atoms with Crippen LogP contribution in [0.2, 0.25) is 0 Å². The van der Waals surface area contributed by atoms with Crippen molar-refractivity contribution in [3.8, 4) is 11.6 Å². The molecular weight excluding hydrogens is 459 g/mol. The summed E-state index contributed by atoms with van der Waals surface area (Å²) < 4.78 is 15.9. The number of benzene rings is 2. The molecule has 0 saturated carbocycles. The van der Waals surface area contributed by atoms with E-state index in [1.165, 1.54) is 70.2 Å². The molecule has 0 aliphatic rings. The Morgan fingerprint density at radius 3 is 2.63 bits per heavy atom. The van der Waals surface area contributed by atoms with Crippen LogP contribution in [0.15, 0.2) is 65.6 Å². The maximum atomic E-state index is 13.4. The zero-order valence-electron chi connectivity index (χ0n) is 18.0. The maximum absolute atomic E-state index is 13.4. The molecule has 0 radical (unpaired) electrons. The second-order valence-electron chi connectivity index (χ2n) is 7.47. The number of amides is 1. The Morgan fingerprint density at radius 2 is 1.89 bits per heavy atom. The van der Waals surface area contributed by atoms with Crippen LogP contribution in [0.3, 0.4) is 0 Å². The van der Waals surface area contributed by atoms with E-state index in [0.717, 1.165) is 0 Å². The fourth-order valence-corrected chi connectivity index (χ4v) is 3.54. The van der Waals surface area contributed by atoms with Gasteiger partial charge >= 0.3 is 0 Å². The zero-order valence-corrected chi connectivity index (χ0v) is 18.0. The fourth-order valence-electron chi connectivity index (χ4n) is 3.54. The number of fused-ring (bicyclic) bond motifs is 1. The van der Waals surface area contributed by atoms with E-state index in [1.54, 1.807) is 6.92 Å². The Hall–Kier alpha value is -5.20. The lowest BCUT2D eigenvalue weighted by Crippen LogP contribution is -2.19. The third-order valence-corrected chi connectivity index (χ3v) is 5.12. The van der Waals surface area contributed by atoms with Crippen molar-refractivity contribution in [1.82, 2.24) is 29.5 Å². The highest BCUT2D eigenvalue weighted by atomic mass is 19.1. The van der Waals surface area contributed by atoms with Gasteiger partial charge in [-0.25, -0.2) is 9.07 Å². The number of rotatable bonds is 5. The third kappa shape index (κ3) is 3.90. The highest BCUT2D eigenvalue weighted by molar-refractivity contribution is 6.06. The van der Waals surface area contributed by atoms with Crippen LogP contribution in [0.4, 0.5) is 15.9 Å². The second kappa shape index (κ2) is 8.30. The fraction of sp³-hybridized carbons (Fsp3) is 0.0455. The molecule has 0 fully saturated rings. The van der Waals surface area contributed by atoms with Gasteiger partial charge in [0.1, 0.15) is 22.6 Å². The molecule has 3 heterocycles. The van der Waals surface area contributed by atoms with Gasteiger partial charge in [0.25, 0.3) is 17.2 Å². The van der Waals surface area contributed by atoms with E-state index < -0.39 is 22.2 Å². The molecule has 5 aromatic rings. The molecule has 35 heavy (non-hydrogen) atoms. The maximum Gasteiger partial charge on any atom is 0.282 e. The first-order valence-corrected chi connectivity index (χ1v) is 10.2. The number of halogens is 1. The topological polar surface area (TPSA) is 154 Å². The Labute approximate surface area is 194 Å². The van der Waals surface area contributed by atoms with Gasteiger partial charge in [0.2, 0.25) is 5.95 Å². The SMILES string of the molecule is Cc1cc(NC(=O)c2ccccc2[N+](=O)[O-])n(-c2nc3c(cnn3-c3ccc(F)cc3)c(=O)[nH]2)n1. The minimum atomic E-state index is -0.738. The Bertz CT molecular complexity index is 1670. The highest BCUT2D eigenvalue weighted by Gasteiger charge is 2.22. The number of nitrogens with zero attached hydrogens (tertiary/aromatic N) is 6. The molecule has 1 amide bonds. The molecule has 2 aromatic carbocycles. The summed E-state index contributed by atoms with van der Waals surface area (Å²) in [6, 6.07) is 12.5. The molecule has 0 saturated heterocycles. The number of hydrogen-bond donors (Lipinski definition) is 2. The van der Waals surface area contributed by atoms with Crippen LogP contribution in [0.25, 0.3) is 22.7 Å². The van der Waals surface area contributed by atoms with Gasteiger partial charge in [-0.2, -0.15) is 19.9 Å². The Balaban J connectivity index is 1.58.